The van der Waals surface area contributed by atoms with E-state index in [-0.39, 0.29) is 6.04 Å². The van der Waals surface area contributed by atoms with E-state index < -0.39 is 0 Å². The number of hydrogen-bond acceptors (Lipinski definition) is 5. The number of anilines is 1. The van der Waals surface area contributed by atoms with Gasteiger partial charge in [0.1, 0.15) is 5.75 Å². The molecule has 3 aromatic rings. The minimum Gasteiger partial charge on any atom is -0.497 e. The number of methoxy groups -OCH3 is 1. The summed E-state index contributed by atoms with van der Waals surface area (Å²) in [4.78, 5) is 4.67. The predicted molar refractivity (Wildman–Crippen MR) is 107 cm³/mol. The molecule has 1 unspecified atom stereocenters. The van der Waals surface area contributed by atoms with Gasteiger partial charge < -0.3 is 4.74 Å². The van der Waals surface area contributed by atoms with Crippen molar-refractivity contribution < 1.29 is 4.74 Å². The van der Waals surface area contributed by atoms with E-state index >= 15 is 0 Å². The molecular formula is C21H21N3OS. The van der Waals surface area contributed by atoms with Crippen LogP contribution in [-0.2, 0) is 0 Å². The van der Waals surface area contributed by atoms with Crippen molar-refractivity contribution in [2.75, 3.05) is 12.1 Å². The topological polar surface area (TPSA) is 37.7 Å². The Hall–Kier alpha value is -2.66. The van der Waals surface area contributed by atoms with E-state index in [1.165, 1.54) is 11.1 Å². The van der Waals surface area contributed by atoms with Crippen LogP contribution in [0, 0.1) is 13.8 Å². The highest BCUT2D eigenvalue weighted by atomic mass is 32.1. The molecule has 0 radical (unpaired) electrons. The lowest BCUT2D eigenvalue weighted by Gasteiger charge is -2.22. The first-order valence-electron chi connectivity index (χ1n) is 8.64. The van der Waals surface area contributed by atoms with Crippen LogP contribution < -0.4 is 9.75 Å². The van der Waals surface area contributed by atoms with Gasteiger partial charge in [0, 0.05) is 17.4 Å². The van der Waals surface area contributed by atoms with Crippen LogP contribution in [0.3, 0.4) is 0 Å². The number of nitrogens with zero attached hydrogens (tertiary/aromatic N) is 3. The van der Waals surface area contributed by atoms with E-state index in [1.54, 1.807) is 18.4 Å². The average molecular weight is 363 g/mol. The molecule has 26 heavy (non-hydrogen) atoms. The number of aryl methyl sites for hydroxylation is 2. The lowest BCUT2D eigenvalue weighted by molar-refractivity contribution is 0.414. The van der Waals surface area contributed by atoms with E-state index in [1.807, 2.05) is 25.1 Å². The van der Waals surface area contributed by atoms with E-state index in [0.717, 1.165) is 34.3 Å². The van der Waals surface area contributed by atoms with Gasteiger partial charge in [-0.2, -0.15) is 5.10 Å². The molecule has 2 heterocycles. The summed E-state index contributed by atoms with van der Waals surface area (Å²) in [7, 11) is 1.69. The Labute approximate surface area is 157 Å². The third kappa shape index (κ3) is 3.10. The van der Waals surface area contributed by atoms with E-state index in [2.05, 4.69) is 52.6 Å². The van der Waals surface area contributed by atoms with Crippen LogP contribution >= 0.6 is 11.3 Å². The number of hydrazone groups is 1. The second-order valence-electron chi connectivity index (χ2n) is 6.47. The van der Waals surface area contributed by atoms with Crippen LogP contribution in [0.2, 0.25) is 0 Å². The molecule has 1 aromatic heterocycles. The Kier molecular flexibility index (Phi) is 4.47. The fraction of sp³-hybridized carbons (Fsp3) is 0.238. The van der Waals surface area contributed by atoms with Gasteiger partial charge in [0.15, 0.2) is 0 Å². The molecule has 4 rings (SSSR count). The fourth-order valence-electron chi connectivity index (χ4n) is 3.31. The highest BCUT2D eigenvalue weighted by Gasteiger charge is 2.32. The SMILES string of the molecule is COc1cccc(C2=NN(c3nc(C)cs3)C(c3ccccc3C)C2)c1. The quantitative estimate of drug-likeness (QED) is 0.645. The summed E-state index contributed by atoms with van der Waals surface area (Å²) in [5.74, 6) is 0.848. The van der Waals surface area contributed by atoms with Crippen molar-refractivity contribution in [2.45, 2.75) is 26.3 Å². The van der Waals surface area contributed by atoms with Crippen LogP contribution in [0.4, 0.5) is 5.13 Å². The van der Waals surface area contributed by atoms with Gasteiger partial charge in [0.05, 0.1) is 24.6 Å². The van der Waals surface area contributed by atoms with Crippen LogP contribution in [0.25, 0.3) is 0 Å². The first-order chi connectivity index (χ1) is 12.7. The molecule has 0 saturated heterocycles. The summed E-state index contributed by atoms with van der Waals surface area (Å²) < 4.78 is 5.38. The summed E-state index contributed by atoms with van der Waals surface area (Å²) in [5, 5.41) is 10.0. The molecular weight excluding hydrogens is 342 g/mol. The lowest BCUT2D eigenvalue weighted by atomic mass is 9.95. The van der Waals surface area contributed by atoms with Crippen LogP contribution in [0.15, 0.2) is 59.0 Å². The molecule has 0 fully saturated rings. The Balaban J connectivity index is 1.77. The van der Waals surface area contributed by atoms with Gasteiger partial charge in [0.2, 0.25) is 5.13 Å². The minimum atomic E-state index is 0.156. The van der Waals surface area contributed by atoms with Gasteiger partial charge in [-0.1, -0.05) is 36.4 Å². The predicted octanol–water partition coefficient (Wildman–Crippen LogP) is 5.12. The molecule has 1 atom stereocenters. The van der Waals surface area contributed by atoms with Crippen molar-refractivity contribution in [1.29, 1.82) is 0 Å². The standard InChI is InChI=1S/C21H21N3OS/c1-14-7-4-5-10-18(14)20-12-19(16-8-6-9-17(11-16)25-3)23-24(20)21-22-15(2)13-26-21/h4-11,13,20H,12H2,1-3H3. The number of benzene rings is 2. The summed E-state index contributed by atoms with van der Waals surface area (Å²) >= 11 is 1.64. The third-order valence-electron chi connectivity index (χ3n) is 4.66. The minimum absolute atomic E-state index is 0.156. The smallest absolute Gasteiger partial charge is 0.206 e. The molecule has 132 valence electrons. The molecule has 1 aliphatic rings. The molecule has 0 saturated carbocycles. The molecule has 0 amide bonds. The van der Waals surface area contributed by atoms with Crippen LogP contribution in [-0.4, -0.2) is 17.8 Å². The lowest BCUT2D eigenvalue weighted by Crippen LogP contribution is -2.19. The maximum atomic E-state index is 5.38. The highest BCUT2D eigenvalue weighted by Crippen LogP contribution is 2.39. The van der Waals surface area contributed by atoms with Crippen molar-refractivity contribution in [3.05, 3.63) is 76.3 Å². The first kappa shape index (κ1) is 16.8. The number of aromatic nitrogens is 1. The largest absolute Gasteiger partial charge is 0.497 e. The fourth-order valence-corrected chi connectivity index (χ4v) is 4.11. The molecule has 0 aliphatic carbocycles. The monoisotopic (exact) mass is 363 g/mol. The van der Waals surface area contributed by atoms with E-state index in [0.29, 0.717) is 0 Å². The number of rotatable bonds is 4. The Morgan fingerprint density at radius 1 is 1.12 bits per heavy atom. The zero-order valence-corrected chi connectivity index (χ0v) is 16.0. The zero-order chi connectivity index (χ0) is 18.1. The molecule has 0 N–H and O–H groups in total. The molecule has 0 spiro atoms. The number of ether oxygens (including phenoxy) is 1. The Morgan fingerprint density at radius 2 is 1.96 bits per heavy atom. The van der Waals surface area contributed by atoms with Gasteiger partial charge in [-0.15, -0.1) is 11.3 Å². The molecule has 0 bridgehead atoms. The Morgan fingerprint density at radius 3 is 2.69 bits per heavy atom. The Bertz CT molecular complexity index is 963. The van der Waals surface area contributed by atoms with Crippen molar-refractivity contribution in [3.63, 3.8) is 0 Å². The maximum absolute atomic E-state index is 5.38. The van der Waals surface area contributed by atoms with E-state index in [9.17, 15) is 0 Å². The van der Waals surface area contributed by atoms with Crippen molar-refractivity contribution >= 4 is 22.2 Å². The van der Waals surface area contributed by atoms with Crippen molar-refractivity contribution in [1.82, 2.24) is 4.98 Å². The van der Waals surface area contributed by atoms with Crippen molar-refractivity contribution in [2.24, 2.45) is 5.10 Å². The van der Waals surface area contributed by atoms with E-state index in [4.69, 9.17) is 9.84 Å². The van der Waals surface area contributed by atoms with Gasteiger partial charge in [-0.3, -0.25) is 0 Å². The summed E-state index contributed by atoms with van der Waals surface area (Å²) in [6.45, 7) is 4.18. The molecule has 5 heteroatoms. The molecule has 2 aromatic carbocycles. The third-order valence-corrected chi connectivity index (χ3v) is 5.61. The van der Waals surface area contributed by atoms with Crippen LogP contribution in [0.1, 0.15) is 34.8 Å². The highest BCUT2D eigenvalue weighted by molar-refractivity contribution is 7.13. The number of thiazole rings is 1. The van der Waals surface area contributed by atoms with Crippen LogP contribution in [0.5, 0.6) is 5.75 Å². The summed E-state index contributed by atoms with van der Waals surface area (Å²) in [6, 6.07) is 16.8. The normalized spacial score (nSPS) is 16.7. The molecule has 4 nitrogen and oxygen atoms in total. The zero-order valence-electron chi connectivity index (χ0n) is 15.1. The van der Waals surface area contributed by atoms with Gasteiger partial charge in [-0.25, -0.2) is 9.99 Å². The number of hydrogen-bond donors (Lipinski definition) is 0. The van der Waals surface area contributed by atoms with Gasteiger partial charge >= 0.3 is 0 Å². The maximum Gasteiger partial charge on any atom is 0.206 e. The van der Waals surface area contributed by atoms with Gasteiger partial charge in [-0.05, 0) is 37.1 Å². The second-order valence-corrected chi connectivity index (χ2v) is 7.31. The first-order valence-corrected chi connectivity index (χ1v) is 9.52. The summed E-state index contributed by atoms with van der Waals surface area (Å²) in [5.41, 5.74) is 5.75. The second kappa shape index (κ2) is 6.92. The summed E-state index contributed by atoms with van der Waals surface area (Å²) in [6.07, 6.45) is 0.844. The van der Waals surface area contributed by atoms with Crippen molar-refractivity contribution in [3.8, 4) is 5.75 Å². The molecule has 1 aliphatic heterocycles. The average Bonchev–Trinajstić information content (AvgIpc) is 3.28. The van der Waals surface area contributed by atoms with Gasteiger partial charge in [0.25, 0.3) is 0 Å².